The van der Waals surface area contributed by atoms with Crippen LogP contribution in [0.15, 0.2) is 77.2 Å². The molecule has 98 valence electrons. The molecule has 2 aromatic carbocycles. The molecule has 0 atom stereocenters. The average molecular weight is 263 g/mol. The summed E-state index contributed by atoms with van der Waals surface area (Å²) in [5.41, 5.74) is 2.06. The summed E-state index contributed by atoms with van der Waals surface area (Å²) in [7, 11) is 1.67. The van der Waals surface area contributed by atoms with Crippen LogP contribution in [0.1, 0.15) is 0 Å². The van der Waals surface area contributed by atoms with Gasteiger partial charge < -0.3 is 4.74 Å². The van der Waals surface area contributed by atoms with Gasteiger partial charge in [0.1, 0.15) is 5.75 Å². The van der Waals surface area contributed by atoms with Gasteiger partial charge in [-0.15, -0.1) is 0 Å². The first-order valence-electron chi connectivity index (χ1n) is 6.50. The highest BCUT2D eigenvalue weighted by atomic mass is 16.5. The summed E-state index contributed by atoms with van der Waals surface area (Å²) in [5, 5.41) is 0. The van der Waals surface area contributed by atoms with Crippen LogP contribution < -0.4 is 4.74 Å². The first kappa shape index (κ1) is 12.4. The molecule has 0 fully saturated rings. The molecular weight excluding hydrogens is 248 g/mol. The third-order valence-electron chi connectivity index (χ3n) is 3.12. The van der Waals surface area contributed by atoms with Crippen molar-refractivity contribution in [3.05, 3.63) is 72.8 Å². The Morgan fingerprint density at radius 2 is 1.15 bits per heavy atom. The van der Waals surface area contributed by atoms with Crippen LogP contribution in [0, 0.1) is 0 Å². The quantitative estimate of drug-likeness (QED) is 0.626. The molecule has 0 bridgehead atoms. The van der Waals surface area contributed by atoms with Crippen LogP contribution in [0.4, 0.5) is 0 Å². The van der Waals surface area contributed by atoms with Crippen LogP contribution >= 0.6 is 0 Å². The second-order valence-corrected chi connectivity index (χ2v) is 4.46. The van der Waals surface area contributed by atoms with Crippen molar-refractivity contribution in [2.24, 2.45) is 0 Å². The molecule has 0 spiro atoms. The number of rotatable bonds is 3. The number of hydrogen-bond donors (Lipinski definition) is 0. The van der Waals surface area contributed by atoms with Gasteiger partial charge in [-0.2, -0.15) is 0 Å². The fourth-order valence-electron chi connectivity index (χ4n) is 2.08. The lowest BCUT2D eigenvalue weighted by atomic mass is 10.1. The number of hydrogen-bond acceptors (Lipinski definition) is 1. The minimum absolute atomic E-state index is 0.786. The van der Waals surface area contributed by atoms with Crippen molar-refractivity contribution < 1.29 is 9.15 Å². The van der Waals surface area contributed by atoms with E-state index in [9.17, 15) is 0 Å². The molecule has 0 unspecified atom stereocenters. The van der Waals surface area contributed by atoms with E-state index in [-0.39, 0.29) is 0 Å². The van der Waals surface area contributed by atoms with E-state index in [1.165, 1.54) is 0 Å². The molecule has 0 aliphatic carbocycles. The molecule has 2 nitrogen and oxygen atoms in total. The van der Waals surface area contributed by atoms with Crippen LogP contribution in [0.5, 0.6) is 5.75 Å². The fourth-order valence-corrected chi connectivity index (χ4v) is 2.08. The van der Waals surface area contributed by atoms with Crippen LogP contribution in [0.25, 0.3) is 22.6 Å². The van der Waals surface area contributed by atoms with Gasteiger partial charge >= 0.3 is 11.5 Å². The zero-order valence-electron chi connectivity index (χ0n) is 11.2. The van der Waals surface area contributed by atoms with Gasteiger partial charge in [0.15, 0.2) is 0 Å². The summed E-state index contributed by atoms with van der Waals surface area (Å²) in [4.78, 5) is 0. The van der Waals surface area contributed by atoms with E-state index < -0.39 is 0 Å². The lowest BCUT2D eigenvalue weighted by Gasteiger charge is -1.99. The van der Waals surface area contributed by atoms with Gasteiger partial charge in [0.2, 0.25) is 0 Å². The first-order valence-corrected chi connectivity index (χ1v) is 6.50. The van der Waals surface area contributed by atoms with Crippen molar-refractivity contribution in [2.45, 2.75) is 0 Å². The van der Waals surface area contributed by atoms with E-state index in [1.54, 1.807) is 7.11 Å². The third-order valence-corrected chi connectivity index (χ3v) is 3.12. The van der Waals surface area contributed by atoms with Gasteiger partial charge in [0, 0.05) is 0 Å². The maximum Gasteiger partial charge on any atom is 0.364 e. The molecule has 0 amide bonds. The Bertz CT molecular complexity index is 633. The summed E-state index contributed by atoms with van der Waals surface area (Å²) in [5.74, 6) is 2.38. The largest absolute Gasteiger partial charge is 0.496 e. The van der Waals surface area contributed by atoms with Crippen molar-refractivity contribution in [3.8, 4) is 28.4 Å². The minimum atomic E-state index is 0.786. The highest BCUT2D eigenvalue weighted by molar-refractivity contribution is 5.65. The molecule has 20 heavy (non-hydrogen) atoms. The molecule has 0 aliphatic heterocycles. The van der Waals surface area contributed by atoms with Crippen LogP contribution in [-0.2, 0) is 0 Å². The van der Waals surface area contributed by atoms with Crippen LogP contribution in [-0.4, -0.2) is 7.11 Å². The Labute approximate surface area is 118 Å². The van der Waals surface area contributed by atoms with E-state index in [0.717, 1.165) is 28.4 Å². The van der Waals surface area contributed by atoms with Gasteiger partial charge in [-0.05, 0) is 24.3 Å². The van der Waals surface area contributed by atoms with Gasteiger partial charge in [-0.1, -0.05) is 36.4 Å². The van der Waals surface area contributed by atoms with E-state index >= 15 is 0 Å². The molecule has 0 saturated carbocycles. The van der Waals surface area contributed by atoms with Crippen molar-refractivity contribution in [1.82, 2.24) is 0 Å². The van der Waals surface area contributed by atoms with Crippen LogP contribution in [0.2, 0.25) is 0 Å². The van der Waals surface area contributed by atoms with Crippen molar-refractivity contribution >= 4 is 0 Å². The van der Waals surface area contributed by atoms with E-state index in [0.29, 0.717) is 0 Å². The lowest BCUT2D eigenvalue weighted by Crippen LogP contribution is -1.87. The highest BCUT2D eigenvalue weighted by Crippen LogP contribution is 2.31. The minimum Gasteiger partial charge on any atom is -0.496 e. The van der Waals surface area contributed by atoms with E-state index in [2.05, 4.69) is 0 Å². The predicted molar refractivity (Wildman–Crippen MR) is 80.5 cm³/mol. The smallest absolute Gasteiger partial charge is 0.364 e. The Hall–Kier alpha value is -2.61. The summed E-state index contributed by atoms with van der Waals surface area (Å²) < 4.78 is 11.4. The Morgan fingerprint density at radius 3 is 1.55 bits per heavy atom. The Morgan fingerprint density at radius 1 is 0.700 bits per heavy atom. The molecule has 0 radical (unpaired) electrons. The number of ether oxygens (including phenoxy) is 1. The SMILES string of the molecule is COc1cc(-c2ccccc2)[o+]c(-c2ccccc2)c1. The van der Waals surface area contributed by atoms with Gasteiger partial charge in [-0.3, -0.25) is 0 Å². The highest BCUT2D eigenvalue weighted by Gasteiger charge is 2.19. The Kier molecular flexibility index (Phi) is 3.46. The monoisotopic (exact) mass is 263 g/mol. The van der Waals surface area contributed by atoms with E-state index in [1.807, 2.05) is 72.8 Å². The molecule has 3 rings (SSSR count). The maximum absolute atomic E-state index is 6.01. The molecule has 1 aromatic heterocycles. The van der Waals surface area contributed by atoms with Crippen molar-refractivity contribution in [1.29, 1.82) is 0 Å². The first-order chi connectivity index (χ1) is 9.86. The van der Waals surface area contributed by atoms with Crippen molar-refractivity contribution in [2.75, 3.05) is 7.11 Å². The van der Waals surface area contributed by atoms with Gasteiger partial charge in [0.25, 0.3) is 0 Å². The molecule has 0 aliphatic rings. The van der Waals surface area contributed by atoms with E-state index in [4.69, 9.17) is 9.15 Å². The zero-order chi connectivity index (χ0) is 13.8. The molecule has 0 saturated heterocycles. The summed E-state index contributed by atoms with van der Waals surface area (Å²) in [6.07, 6.45) is 0. The van der Waals surface area contributed by atoms with Crippen molar-refractivity contribution in [3.63, 3.8) is 0 Å². The second-order valence-electron chi connectivity index (χ2n) is 4.46. The maximum atomic E-state index is 6.01. The second kappa shape index (κ2) is 5.57. The summed E-state index contributed by atoms with van der Waals surface area (Å²) >= 11 is 0. The normalized spacial score (nSPS) is 10.2. The lowest BCUT2D eigenvalue weighted by molar-refractivity contribution is 0.409. The van der Waals surface area contributed by atoms with Crippen LogP contribution in [0.3, 0.4) is 0 Å². The number of methoxy groups -OCH3 is 1. The molecule has 0 N–H and O–H groups in total. The zero-order valence-corrected chi connectivity index (χ0v) is 11.2. The molecule has 3 aromatic rings. The topological polar surface area (TPSA) is 20.5 Å². The summed E-state index contributed by atoms with van der Waals surface area (Å²) in [6, 6.07) is 23.8. The van der Waals surface area contributed by atoms with Gasteiger partial charge in [0.05, 0.1) is 30.4 Å². The molecule has 2 heteroatoms. The Balaban J connectivity index is 2.13. The third kappa shape index (κ3) is 2.54. The summed E-state index contributed by atoms with van der Waals surface area (Å²) in [6.45, 7) is 0. The fraction of sp³-hybridized carbons (Fsp3) is 0.0556. The standard InChI is InChI=1S/C18H15O2/c1-19-16-12-17(14-8-4-2-5-9-14)20-18(13-16)15-10-6-3-7-11-15/h2-13H,1H3/q+1. The molecular formula is C18H15O2+. The number of benzene rings is 2. The van der Waals surface area contributed by atoms with Gasteiger partial charge in [-0.25, -0.2) is 4.42 Å². The molecule has 1 heterocycles. The average Bonchev–Trinajstić information content (AvgIpc) is 2.56. The predicted octanol–water partition coefficient (Wildman–Crippen LogP) is 4.90.